The third kappa shape index (κ3) is 3.09. The van der Waals surface area contributed by atoms with Crippen LogP contribution in [-0.2, 0) is 0 Å². The van der Waals surface area contributed by atoms with Gasteiger partial charge in [0.05, 0.1) is 11.3 Å². The summed E-state index contributed by atoms with van der Waals surface area (Å²) in [7, 11) is 0. The number of hydrogen-bond acceptors (Lipinski definition) is 4. The number of nitriles is 1. The van der Waals surface area contributed by atoms with Gasteiger partial charge in [-0.3, -0.25) is 0 Å². The maximum absolute atomic E-state index is 10.8. The Balaban J connectivity index is 2.34. The van der Waals surface area contributed by atoms with Crippen molar-refractivity contribution in [1.29, 1.82) is 5.26 Å². The van der Waals surface area contributed by atoms with Gasteiger partial charge in [-0.1, -0.05) is 22.0 Å². The monoisotopic (exact) mass is 317 g/mol. The molecule has 0 aliphatic rings. The molecule has 1 aromatic carbocycles. The average Bonchev–Trinajstić information content (AvgIpc) is 2.41. The first-order valence-electron chi connectivity index (χ1n) is 5.27. The average molecular weight is 318 g/mol. The summed E-state index contributed by atoms with van der Waals surface area (Å²) >= 11 is 3.28. The number of pyridine rings is 1. The molecule has 0 saturated heterocycles. The Labute approximate surface area is 117 Å². The molecule has 0 aliphatic heterocycles. The van der Waals surface area contributed by atoms with Crippen LogP contribution in [0.15, 0.2) is 40.9 Å². The van der Waals surface area contributed by atoms with Crippen LogP contribution in [0.4, 0.5) is 11.5 Å². The molecule has 1 heterocycles. The Hall–Kier alpha value is -2.39. The molecule has 6 heteroatoms. The van der Waals surface area contributed by atoms with E-state index in [0.717, 1.165) is 4.47 Å². The molecule has 0 spiro atoms. The molecule has 0 fully saturated rings. The summed E-state index contributed by atoms with van der Waals surface area (Å²) in [6.07, 6.45) is 0. The van der Waals surface area contributed by atoms with Gasteiger partial charge in [0, 0.05) is 4.47 Å². The molecule has 5 nitrogen and oxygen atoms in total. The summed E-state index contributed by atoms with van der Waals surface area (Å²) in [6.45, 7) is 0. The number of aromatic carboxylic acids is 1. The van der Waals surface area contributed by atoms with Crippen LogP contribution in [0.2, 0.25) is 0 Å². The fourth-order valence-electron chi connectivity index (χ4n) is 1.48. The van der Waals surface area contributed by atoms with E-state index in [1.807, 2.05) is 0 Å². The van der Waals surface area contributed by atoms with Crippen LogP contribution < -0.4 is 5.32 Å². The van der Waals surface area contributed by atoms with E-state index in [2.05, 4.69) is 32.3 Å². The van der Waals surface area contributed by atoms with Crippen LogP contribution in [0.5, 0.6) is 0 Å². The van der Waals surface area contributed by atoms with Crippen LogP contribution in [0.1, 0.15) is 16.1 Å². The number of halogens is 1. The molecular weight excluding hydrogens is 310 g/mol. The summed E-state index contributed by atoms with van der Waals surface area (Å²) in [5.74, 6) is -0.723. The minimum Gasteiger partial charge on any atom is -0.477 e. The van der Waals surface area contributed by atoms with Gasteiger partial charge in [-0.25, -0.2) is 9.78 Å². The SMILES string of the molecule is N#Cc1cc(Br)ccc1Nc1cccc(C(=O)O)n1. The number of anilines is 2. The van der Waals surface area contributed by atoms with Gasteiger partial charge in [-0.2, -0.15) is 5.26 Å². The molecule has 2 aromatic rings. The zero-order chi connectivity index (χ0) is 13.8. The van der Waals surface area contributed by atoms with Crippen molar-refractivity contribution in [2.75, 3.05) is 5.32 Å². The number of carbonyl (C=O) groups is 1. The van der Waals surface area contributed by atoms with Crippen molar-refractivity contribution in [2.24, 2.45) is 0 Å². The third-order valence-electron chi connectivity index (χ3n) is 2.33. The first-order valence-corrected chi connectivity index (χ1v) is 6.06. The minimum absolute atomic E-state index is 0.0550. The van der Waals surface area contributed by atoms with E-state index in [-0.39, 0.29) is 5.69 Å². The van der Waals surface area contributed by atoms with Gasteiger partial charge in [0.1, 0.15) is 11.9 Å². The second-order valence-electron chi connectivity index (χ2n) is 3.64. The summed E-state index contributed by atoms with van der Waals surface area (Å²) in [5.41, 5.74) is 0.957. The highest BCUT2D eigenvalue weighted by atomic mass is 79.9. The fraction of sp³-hybridized carbons (Fsp3) is 0. The molecule has 0 unspecified atom stereocenters. The summed E-state index contributed by atoms with van der Waals surface area (Å²) < 4.78 is 0.793. The Morgan fingerprint density at radius 1 is 1.37 bits per heavy atom. The minimum atomic E-state index is -1.10. The molecule has 1 aromatic heterocycles. The van der Waals surface area contributed by atoms with Crippen molar-refractivity contribution in [1.82, 2.24) is 4.98 Å². The maximum Gasteiger partial charge on any atom is 0.354 e. The van der Waals surface area contributed by atoms with Gasteiger partial charge in [0.2, 0.25) is 0 Å². The first kappa shape index (κ1) is 13.1. The van der Waals surface area contributed by atoms with Gasteiger partial charge < -0.3 is 10.4 Å². The summed E-state index contributed by atoms with van der Waals surface area (Å²) in [6, 6.07) is 11.9. The third-order valence-corrected chi connectivity index (χ3v) is 2.83. The molecule has 0 radical (unpaired) electrons. The number of nitrogens with zero attached hydrogens (tertiary/aromatic N) is 2. The van der Waals surface area contributed by atoms with E-state index in [1.54, 1.807) is 30.3 Å². The summed E-state index contributed by atoms with van der Waals surface area (Å²) in [5, 5.41) is 20.8. The van der Waals surface area contributed by atoms with Crippen molar-refractivity contribution in [2.45, 2.75) is 0 Å². The van der Waals surface area contributed by atoms with Gasteiger partial charge in [-0.15, -0.1) is 0 Å². The Kier molecular flexibility index (Phi) is 3.78. The number of carboxylic acid groups (broad SMARTS) is 1. The van der Waals surface area contributed by atoms with Crippen LogP contribution in [0, 0.1) is 11.3 Å². The van der Waals surface area contributed by atoms with Crippen LogP contribution >= 0.6 is 15.9 Å². The second kappa shape index (κ2) is 5.50. The predicted octanol–water partition coefficient (Wildman–Crippen LogP) is 3.16. The molecule has 0 atom stereocenters. The molecule has 2 rings (SSSR count). The zero-order valence-electron chi connectivity index (χ0n) is 9.59. The van der Waals surface area contributed by atoms with Gasteiger partial charge in [-0.05, 0) is 30.3 Å². The molecular formula is C13H8BrN3O2. The lowest BCUT2D eigenvalue weighted by molar-refractivity contribution is 0.0690. The van der Waals surface area contributed by atoms with Crippen molar-refractivity contribution in [3.63, 3.8) is 0 Å². The van der Waals surface area contributed by atoms with Crippen molar-refractivity contribution in [3.05, 3.63) is 52.1 Å². The molecule has 0 saturated carbocycles. The molecule has 2 N–H and O–H groups in total. The highest BCUT2D eigenvalue weighted by Gasteiger charge is 2.07. The maximum atomic E-state index is 10.8. The molecule has 0 amide bonds. The molecule has 94 valence electrons. The largest absolute Gasteiger partial charge is 0.477 e. The van der Waals surface area contributed by atoms with E-state index >= 15 is 0 Å². The van der Waals surface area contributed by atoms with Crippen LogP contribution in [0.3, 0.4) is 0 Å². The van der Waals surface area contributed by atoms with Crippen LogP contribution in [0.25, 0.3) is 0 Å². The molecule has 0 aliphatic carbocycles. The van der Waals surface area contributed by atoms with Gasteiger partial charge in [0.15, 0.2) is 5.69 Å². The number of aromatic nitrogens is 1. The first-order chi connectivity index (χ1) is 9.10. The van der Waals surface area contributed by atoms with E-state index in [1.165, 1.54) is 6.07 Å². The Morgan fingerprint density at radius 3 is 2.84 bits per heavy atom. The van der Waals surface area contributed by atoms with E-state index < -0.39 is 5.97 Å². The lowest BCUT2D eigenvalue weighted by atomic mass is 10.2. The number of carboxylic acids is 1. The highest BCUT2D eigenvalue weighted by Crippen LogP contribution is 2.23. The Morgan fingerprint density at radius 2 is 2.16 bits per heavy atom. The lowest BCUT2D eigenvalue weighted by Crippen LogP contribution is -2.03. The summed E-state index contributed by atoms with van der Waals surface area (Å²) in [4.78, 5) is 14.8. The number of benzene rings is 1. The predicted molar refractivity (Wildman–Crippen MR) is 73.3 cm³/mol. The quantitative estimate of drug-likeness (QED) is 0.908. The van der Waals surface area contributed by atoms with Gasteiger partial charge >= 0.3 is 5.97 Å². The van der Waals surface area contributed by atoms with Crippen LogP contribution in [-0.4, -0.2) is 16.1 Å². The number of hydrogen-bond donors (Lipinski definition) is 2. The topological polar surface area (TPSA) is 86.0 Å². The van der Waals surface area contributed by atoms with Crippen molar-refractivity contribution >= 4 is 33.4 Å². The standard InChI is InChI=1S/C13H8BrN3O2/c14-9-4-5-10(8(6-9)7-15)16-12-3-1-2-11(17-12)13(18)19/h1-6H,(H,16,17)(H,18,19). The number of nitrogens with one attached hydrogen (secondary N) is 1. The van der Waals surface area contributed by atoms with E-state index in [4.69, 9.17) is 10.4 Å². The van der Waals surface area contributed by atoms with Crippen molar-refractivity contribution < 1.29 is 9.90 Å². The number of rotatable bonds is 3. The molecule has 19 heavy (non-hydrogen) atoms. The van der Waals surface area contributed by atoms with Gasteiger partial charge in [0.25, 0.3) is 0 Å². The van der Waals surface area contributed by atoms with E-state index in [9.17, 15) is 4.79 Å². The second-order valence-corrected chi connectivity index (χ2v) is 4.56. The Bertz CT molecular complexity index is 680. The van der Waals surface area contributed by atoms with Crippen molar-refractivity contribution in [3.8, 4) is 6.07 Å². The smallest absolute Gasteiger partial charge is 0.354 e. The zero-order valence-corrected chi connectivity index (χ0v) is 11.2. The highest BCUT2D eigenvalue weighted by molar-refractivity contribution is 9.10. The van der Waals surface area contributed by atoms with E-state index in [0.29, 0.717) is 17.1 Å². The normalized spacial score (nSPS) is 9.68. The lowest BCUT2D eigenvalue weighted by Gasteiger charge is -2.08. The molecule has 0 bridgehead atoms. The fourth-order valence-corrected chi connectivity index (χ4v) is 1.84.